The van der Waals surface area contributed by atoms with Crippen LogP contribution in [0.25, 0.3) is 0 Å². The summed E-state index contributed by atoms with van der Waals surface area (Å²) in [7, 11) is 1.48. The van der Waals surface area contributed by atoms with Gasteiger partial charge in [0.2, 0.25) is 17.7 Å². The summed E-state index contributed by atoms with van der Waals surface area (Å²) < 4.78 is 59.6. The number of hydrogen-bond acceptors (Lipinski definition) is 7. The first-order valence-corrected chi connectivity index (χ1v) is 14.8. The quantitative estimate of drug-likeness (QED) is 0.220. The normalized spacial score (nSPS) is 19.5. The largest absolute Gasteiger partial charge is 0.497 e. The van der Waals surface area contributed by atoms with Gasteiger partial charge >= 0.3 is 11.0 Å². The number of aromatic nitrogens is 1. The van der Waals surface area contributed by atoms with Crippen LogP contribution in [-0.2, 0) is 27.1 Å². The minimum Gasteiger partial charge on any atom is -0.497 e. The van der Waals surface area contributed by atoms with E-state index in [-0.39, 0.29) is 10.7 Å². The maximum absolute atomic E-state index is 13.9. The van der Waals surface area contributed by atoms with Crippen molar-refractivity contribution in [3.63, 3.8) is 0 Å². The molecule has 0 aliphatic carbocycles. The molecular formula is C30H21F4N3O5S2. The molecule has 0 spiro atoms. The van der Waals surface area contributed by atoms with Crippen LogP contribution in [0.5, 0.6) is 5.75 Å². The number of fused-ring (bicyclic) bond motifs is 2. The van der Waals surface area contributed by atoms with Gasteiger partial charge in [-0.2, -0.15) is 13.2 Å². The molecule has 226 valence electrons. The lowest BCUT2D eigenvalue weighted by molar-refractivity contribution is -0.137. The van der Waals surface area contributed by atoms with E-state index in [1.54, 1.807) is 24.3 Å². The van der Waals surface area contributed by atoms with Crippen LogP contribution in [0.2, 0.25) is 0 Å². The lowest BCUT2D eigenvalue weighted by Gasteiger charge is -2.30. The van der Waals surface area contributed by atoms with E-state index < -0.39 is 63.8 Å². The standard InChI is InChI=1S/C30H21F4N3O5S2/c1-42-20-11-9-19(10-12-20)37-26(39)23-22(15-5-7-17(31)8-6-15)25-28(43-24(23)27(37)40)36(29(41)44-25)14-21(38)35-18-4-2-3-16(13-18)30(32,33)34/h2-13,22-24H,14H2,1H3,(H,35,38)/t22-,23?,24?/m1/s1. The number of halogens is 4. The van der Waals surface area contributed by atoms with Crippen molar-refractivity contribution in [1.82, 2.24) is 4.57 Å². The van der Waals surface area contributed by atoms with Crippen molar-refractivity contribution in [2.75, 3.05) is 17.3 Å². The van der Waals surface area contributed by atoms with Crippen LogP contribution < -0.4 is 19.8 Å². The van der Waals surface area contributed by atoms with E-state index in [4.69, 9.17) is 4.74 Å². The van der Waals surface area contributed by atoms with Gasteiger partial charge in [-0.25, -0.2) is 9.29 Å². The van der Waals surface area contributed by atoms with E-state index in [1.807, 2.05) is 0 Å². The molecule has 8 nitrogen and oxygen atoms in total. The van der Waals surface area contributed by atoms with Crippen molar-refractivity contribution >= 4 is 52.2 Å². The number of methoxy groups -OCH3 is 1. The third kappa shape index (κ3) is 5.28. The van der Waals surface area contributed by atoms with E-state index in [1.165, 1.54) is 37.4 Å². The molecule has 1 fully saturated rings. The number of thioether (sulfide) groups is 1. The van der Waals surface area contributed by atoms with Gasteiger partial charge in [-0.15, -0.1) is 0 Å². The zero-order valence-electron chi connectivity index (χ0n) is 22.6. The van der Waals surface area contributed by atoms with E-state index in [0.29, 0.717) is 21.9 Å². The highest BCUT2D eigenvalue weighted by Gasteiger charge is 2.56. The van der Waals surface area contributed by atoms with Crippen LogP contribution in [0.4, 0.5) is 28.9 Å². The summed E-state index contributed by atoms with van der Waals surface area (Å²) in [5.74, 6) is -3.50. The molecule has 0 bridgehead atoms. The number of alkyl halides is 3. The van der Waals surface area contributed by atoms with Crippen molar-refractivity contribution in [1.29, 1.82) is 0 Å². The molecule has 3 heterocycles. The molecule has 4 aromatic rings. The monoisotopic (exact) mass is 643 g/mol. The number of rotatable bonds is 6. The third-order valence-electron chi connectivity index (χ3n) is 7.38. The zero-order valence-corrected chi connectivity index (χ0v) is 24.3. The molecule has 0 radical (unpaired) electrons. The topological polar surface area (TPSA) is 97.7 Å². The van der Waals surface area contributed by atoms with Crippen molar-refractivity contribution < 1.29 is 36.7 Å². The van der Waals surface area contributed by atoms with Gasteiger partial charge in [-0.05, 0) is 60.2 Å². The van der Waals surface area contributed by atoms with E-state index in [9.17, 15) is 36.7 Å². The summed E-state index contributed by atoms with van der Waals surface area (Å²) in [4.78, 5) is 54.8. The highest BCUT2D eigenvalue weighted by molar-refractivity contribution is 8.00. The molecule has 0 saturated carbocycles. The zero-order chi connectivity index (χ0) is 31.3. The van der Waals surface area contributed by atoms with Crippen LogP contribution in [-0.4, -0.2) is 34.6 Å². The molecule has 44 heavy (non-hydrogen) atoms. The summed E-state index contributed by atoms with van der Waals surface area (Å²) in [5.41, 5.74) is -0.224. The predicted molar refractivity (Wildman–Crippen MR) is 156 cm³/mol. The predicted octanol–water partition coefficient (Wildman–Crippen LogP) is 5.51. The second-order valence-corrected chi connectivity index (χ2v) is 12.2. The Balaban J connectivity index is 1.37. The van der Waals surface area contributed by atoms with Crippen LogP contribution in [0.1, 0.15) is 21.9 Å². The number of imide groups is 1. The number of amides is 3. The number of hydrogen-bond donors (Lipinski definition) is 1. The minimum atomic E-state index is -4.61. The number of nitrogens with one attached hydrogen (secondary N) is 1. The average molecular weight is 644 g/mol. The van der Waals surface area contributed by atoms with Crippen LogP contribution in [0, 0.1) is 11.7 Å². The fourth-order valence-corrected chi connectivity index (χ4v) is 8.16. The molecular weight excluding hydrogens is 622 g/mol. The molecule has 3 atom stereocenters. The number of anilines is 2. The summed E-state index contributed by atoms with van der Waals surface area (Å²) >= 11 is 1.78. The number of carbonyl (C=O) groups is 3. The van der Waals surface area contributed by atoms with Gasteiger partial charge in [-0.1, -0.05) is 41.3 Å². The second kappa shape index (κ2) is 11.2. The highest BCUT2D eigenvalue weighted by atomic mass is 32.2. The molecule has 6 rings (SSSR count). The molecule has 2 aliphatic heterocycles. The van der Waals surface area contributed by atoms with Crippen molar-refractivity contribution in [3.05, 3.63) is 104 Å². The molecule has 14 heteroatoms. The summed E-state index contributed by atoms with van der Waals surface area (Å²) in [6.07, 6.45) is -4.61. The molecule has 3 aromatic carbocycles. The highest BCUT2D eigenvalue weighted by Crippen LogP contribution is 2.54. The molecule has 2 aliphatic rings. The Hall–Kier alpha value is -4.43. The third-order valence-corrected chi connectivity index (χ3v) is 9.99. The van der Waals surface area contributed by atoms with Crippen molar-refractivity contribution in [2.24, 2.45) is 5.92 Å². The van der Waals surface area contributed by atoms with Gasteiger partial charge < -0.3 is 10.1 Å². The first kappa shape index (κ1) is 29.6. The minimum absolute atomic E-state index is 0.106. The lowest BCUT2D eigenvalue weighted by Crippen LogP contribution is -2.33. The second-order valence-electron chi connectivity index (χ2n) is 10.1. The fraction of sp³-hybridized carbons (Fsp3) is 0.200. The Morgan fingerprint density at radius 1 is 0.977 bits per heavy atom. The summed E-state index contributed by atoms with van der Waals surface area (Å²) in [6, 6.07) is 15.9. The molecule has 1 aromatic heterocycles. The maximum atomic E-state index is 13.9. The Morgan fingerprint density at radius 3 is 2.34 bits per heavy atom. The smallest absolute Gasteiger partial charge is 0.416 e. The summed E-state index contributed by atoms with van der Waals surface area (Å²) in [5, 5.41) is 1.70. The number of benzene rings is 3. The van der Waals surface area contributed by atoms with Gasteiger partial charge in [0, 0.05) is 16.5 Å². The molecule has 1 N–H and O–H groups in total. The van der Waals surface area contributed by atoms with Crippen LogP contribution in [0.15, 0.2) is 82.6 Å². The van der Waals surface area contributed by atoms with Gasteiger partial charge in [0.05, 0.1) is 29.3 Å². The Bertz CT molecular complexity index is 1840. The average Bonchev–Trinajstić information content (AvgIpc) is 3.43. The fourth-order valence-electron chi connectivity index (χ4n) is 5.39. The van der Waals surface area contributed by atoms with Gasteiger partial charge in [0.15, 0.2) is 0 Å². The molecule has 1 saturated heterocycles. The number of nitrogens with zero attached hydrogens (tertiary/aromatic N) is 2. The summed E-state index contributed by atoms with van der Waals surface area (Å²) in [6.45, 7) is -0.550. The van der Waals surface area contributed by atoms with E-state index in [0.717, 1.165) is 50.8 Å². The number of thiazole rings is 1. The van der Waals surface area contributed by atoms with E-state index >= 15 is 0 Å². The molecule has 3 amide bonds. The number of ether oxygens (including phenoxy) is 1. The first-order valence-electron chi connectivity index (χ1n) is 13.1. The van der Waals surface area contributed by atoms with Crippen molar-refractivity contribution in [3.8, 4) is 5.75 Å². The van der Waals surface area contributed by atoms with Crippen LogP contribution in [0.3, 0.4) is 0 Å². The number of carbonyl (C=O) groups excluding carboxylic acids is 3. The SMILES string of the molecule is COc1ccc(N2C(=O)C3Sc4c(sc(=O)n4CC(=O)Nc4cccc(C(F)(F)F)c4)[C@H](c4ccc(F)cc4)C3C2=O)cc1. The Kier molecular flexibility index (Phi) is 7.58. The lowest BCUT2D eigenvalue weighted by atomic mass is 9.83. The Labute approximate surface area is 255 Å². The molecule has 2 unspecified atom stereocenters. The maximum Gasteiger partial charge on any atom is 0.416 e. The van der Waals surface area contributed by atoms with Gasteiger partial charge in [-0.3, -0.25) is 23.7 Å². The van der Waals surface area contributed by atoms with Crippen LogP contribution >= 0.6 is 23.1 Å². The van der Waals surface area contributed by atoms with Gasteiger partial charge in [0.1, 0.15) is 23.4 Å². The van der Waals surface area contributed by atoms with Crippen molar-refractivity contribution in [2.45, 2.75) is 28.9 Å². The first-order chi connectivity index (χ1) is 21.0. The Morgan fingerprint density at radius 2 is 1.68 bits per heavy atom. The van der Waals surface area contributed by atoms with Gasteiger partial charge in [0.25, 0.3) is 0 Å². The van der Waals surface area contributed by atoms with E-state index in [2.05, 4.69) is 5.32 Å².